The minimum absolute atomic E-state index is 0.0134. The normalized spacial score (nSPS) is 13.2. The third-order valence-corrected chi connectivity index (χ3v) is 4.68. The number of rotatable bonds is 4. The lowest BCUT2D eigenvalue weighted by Crippen LogP contribution is -2.03. The van der Waals surface area contributed by atoms with Crippen LogP contribution in [-0.4, -0.2) is 11.5 Å². The fraction of sp³-hybridized carbons (Fsp3) is 0.235. The van der Waals surface area contributed by atoms with E-state index in [4.69, 9.17) is 0 Å². The fourth-order valence-corrected chi connectivity index (χ4v) is 3.36. The molecule has 2 aromatic rings. The number of halogens is 2. The van der Waals surface area contributed by atoms with Crippen LogP contribution in [0.2, 0.25) is 0 Å². The first-order chi connectivity index (χ1) is 10.1. The van der Waals surface area contributed by atoms with E-state index in [1.807, 2.05) is 18.2 Å². The van der Waals surface area contributed by atoms with Crippen LogP contribution in [0.5, 0.6) is 0 Å². The molecule has 1 aliphatic rings. The Labute approximate surface area is 126 Å². The first-order valence-electron chi connectivity index (χ1n) is 6.86. The van der Waals surface area contributed by atoms with E-state index in [0.717, 1.165) is 31.4 Å². The van der Waals surface area contributed by atoms with Crippen molar-refractivity contribution in [3.05, 3.63) is 64.7 Å². The summed E-state index contributed by atoms with van der Waals surface area (Å²) in [6.45, 7) is 0. The second-order valence-corrected chi connectivity index (χ2v) is 6.17. The lowest BCUT2D eigenvalue weighted by atomic mass is 10.0. The van der Waals surface area contributed by atoms with Gasteiger partial charge in [-0.15, -0.1) is 11.8 Å². The van der Waals surface area contributed by atoms with Crippen LogP contribution in [0.3, 0.4) is 0 Å². The minimum Gasteiger partial charge on any atom is -0.293 e. The molecule has 0 radical (unpaired) electrons. The van der Waals surface area contributed by atoms with Gasteiger partial charge in [-0.3, -0.25) is 4.79 Å². The van der Waals surface area contributed by atoms with Crippen LogP contribution >= 0.6 is 11.8 Å². The average molecular weight is 304 g/mol. The molecule has 0 aliphatic heterocycles. The topological polar surface area (TPSA) is 17.1 Å². The number of carbonyl (C=O) groups excluding carboxylic acids is 1. The maximum atomic E-state index is 13.1. The van der Waals surface area contributed by atoms with Crippen LogP contribution in [0.1, 0.15) is 27.9 Å². The maximum Gasteiger partial charge on any atom is 0.173 e. The van der Waals surface area contributed by atoms with Crippen molar-refractivity contribution in [1.82, 2.24) is 0 Å². The number of aryl methyl sites for hydroxylation is 2. The smallest absolute Gasteiger partial charge is 0.173 e. The Hall–Kier alpha value is -1.68. The molecule has 108 valence electrons. The van der Waals surface area contributed by atoms with Gasteiger partial charge >= 0.3 is 0 Å². The first kappa shape index (κ1) is 14.3. The number of fused-ring (bicyclic) bond motifs is 1. The molecule has 1 aliphatic carbocycles. The third kappa shape index (κ3) is 3.16. The zero-order chi connectivity index (χ0) is 14.8. The molecule has 0 saturated carbocycles. The van der Waals surface area contributed by atoms with Gasteiger partial charge in [-0.1, -0.05) is 12.1 Å². The zero-order valence-corrected chi connectivity index (χ0v) is 12.2. The standard InChI is InChI=1S/C17H14F2OS/c18-15-7-6-14(9-16(15)19)21-10-17(20)13-5-4-11-2-1-3-12(11)8-13/h4-9H,1-3,10H2. The summed E-state index contributed by atoms with van der Waals surface area (Å²) in [5, 5.41) is 0. The van der Waals surface area contributed by atoms with E-state index in [0.29, 0.717) is 10.5 Å². The van der Waals surface area contributed by atoms with E-state index in [2.05, 4.69) is 0 Å². The lowest BCUT2D eigenvalue weighted by Gasteiger charge is -2.05. The van der Waals surface area contributed by atoms with Gasteiger partial charge in [0.05, 0.1) is 5.75 Å². The Balaban J connectivity index is 1.67. The molecule has 0 saturated heterocycles. The Morgan fingerprint density at radius 2 is 1.81 bits per heavy atom. The highest BCUT2D eigenvalue weighted by molar-refractivity contribution is 8.00. The number of benzene rings is 2. The number of hydrogen-bond donors (Lipinski definition) is 0. The van der Waals surface area contributed by atoms with Gasteiger partial charge < -0.3 is 0 Å². The summed E-state index contributed by atoms with van der Waals surface area (Å²) in [5.74, 6) is -1.52. The second kappa shape index (κ2) is 5.98. The molecular formula is C17H14F2OS. The summed E-state index contributed by atoms with van der Waals surface area (Å²) in [5.41, 5.74) is 3.30. The second-order valence-electron chi connectivity index (χ2n) is 5.12. The summed E-state index contributed by atoms with van der Waals surface area (Å²) in [7, 11) is 0. The molecule has 0 bridgehead atoms. The number of carbonyl (C=O) groups is 1. The SMILES string of the molecule is O=C(CSc1ccc(F)c(F)c1)c1ccc2c(c1)CCC2. The van der Waals surface area contributed by atoms with Crippen molar-refractivity contribution in [3.63, 3.8) is 0 Å². The molecule has 0 fully saturated rings. The molecule has 0 unspecified atom stereocenters. The van der Waals surface area contributed by atoms with Crippen molar-refractivity contribution < 1.29 is 13.6 Å². The van der Waals surface area contributed by atoms with Crippen LogP contribution in [0.25, 0.3) is 0 Å². The van der Waals surface area contributed by atoms with E-state index in [9.17, 15) is 13.6 Å². The molecule has 0 atom stereocenters. The Morgan fingerprint density at radius 1 is 1.00 bits per heavy atom. The van der Waals surface area contributed by atoms with Crippen molar-refractivity contribution in [2.75, 3.05) is 5.75 Å². The number of Topliss-reactive ketones (excluding diaryl/α,β-unsaturated/α-hetero) is 1. The van der Waals surface area contributed by atoms with E-state index >= 15 is 0 Å². The van der Waals surface area contributed by atoms with Crippen molar-refractivity contribution in [3.8, 4) is 0 Å². The average Bonchev–Trinajstić information content (AvgIpc) is 2.95. The monoisotopic (exact) mass is 304 g/mol. The molecule has 2 aromatic carbocycles. The van der Waals surface area contributed by atoms with Crippen molar-refractivity contribution >= 4 is 17.5 Å². The molecule has 0 amide bonds. The summed E-state index contributed by atoms with van der Waals surface area (Å²) in [6.07, 6.45) is 3.27. The van der Waals surface area contributed by atoms with Crippen LogP contribution in [0.15, 0.2) is 41.3 Å². The van der Waals surface area contributed by atoms with E-state index in [-0.39, 0.29) is 11.5 Å². The Morgan fingerprint density at radius 3 is 2.62 bits per heavy atom. The van der Waals surface area contributed by atoms with E-state index in [1.54, 1.807) is 0 Å². The predicted octanol–water partition coefficient (Wildman–Crippen LogP) is 4.43. The molecule has 4 heteroatoms. The summed E-state index contributed by atoms with van der Waals surface area (Å²) in [4.78, 5) is 12.7. The highest BCUT2D eigenvalue weighted by Gasteiger charge is 2.14. The van der Waals surface area contributed by atoms with Crippen LogP contribution in [-0.2, 0) is 12.8 Å². The molecule has 1 nitrogen and oxygen atoms in total. The van der Waals surface area contributed by atoms with Gasteiger partial charge in [-0.25, -0.2) is 8.78 Å². The zero-order valence-electron chi connectivity index (χ0n) is 11.4. The van der Waals surface area contributed by atoms with Gasteiger partial charge in [0.15, 0.2) is 17.4 Å². The van der Waals surface area contributed by atoms with E-state index < -0.39 is 11.6 Å². The van der Waals surface area contributed by atoms with Gasteiger partial charge in [-0.2, -0.15) is 0 Å². The molecule has 0 aromatic heterocycles. The Kier molecular flexibility index (Phi) is 4.06. The van der Waals surface area contributed by atoms with Crippen LogP contribution < -0.4 is 0 Å². The fourth-order valence-electron chi connectivity index (χ4n) is 2.54. The minimum atomic E-state index is -0.884. The van der Waals surface area contributed by atoms with Gasteiger partial charge in [0.2, 0.25) is 0 Å². The molecule has 3 rings (SSSR count). The van der Waals surface area contributed by atoms with Crippen molar-refractivity contribution in [2.45, 2.75) is 24.2 Å². The molecule has 0 N–H and O–H groups in total. The summed E-state index contributed by atoms with van der Waals surface area (Å²) >= 11 is 1.22. The molecular weight excluding hydrogens is 290 g/mol. The maximum absolute atomic E-state index is 13.1. The van der Waals surface area contributed by atoms with Crippen LogP contribution in [0, 0.1) is 11.6 Å². The molecule has 0 spiro atoms. The van der Waals surface area contributed by atoms with Gasteiger partial charge in [0.1, 0.15) is 0 Å². The number of hydrogen-bond acceptors (Lipinski definition) is 2. The van der Waals surface area contributed by atoms with Crippen molar-refractivity contribution in [1.29, 1.82) is 0 Å². The van der Waals surface area contributed by atoms with Gasteiger partial charge in [0, 0.05) is 10.5 Å². The van der Waals surface area contributed by atoms with E-state index in [1.165, 1.54) is 29.0 Å². The predicted molar refractivity (Wildman–Crippen MR) is 79.9 cm³/mol. The highest BCUT2D eigenvalue weighted by atomic mass is 32.2. The molecule has 21 heavy (non-hydrogen) atoms. The summed E-state index contributed by atoms with van der Waals surface area (Å²) < 4.78 is 25.9. The van der Waals surface area contributed by atoms with Gasteiger partial charge in [-0.05, 0) is 54.7 Å². The molecule has 0 heterocycles. The highest BCUT2D eigenvalue weighted by Crippen LogP contribution is 2.25. The largest absolute Gasteiger partial charge is 0.293 e. The van der Waals surface area contributed by atoms with Crippen LogP contribution in [0.4, 0.5) is 8.78 Å². The first-order valence-corrected chi connectivity index (χ1v) is 7.85. The van der Waals surface area contributed by atoms with Gasteiger partial charge in [0.25, 0.3) is 0 Å². The number of ketones is 1. The number of thioether (sulfide) groups is 1. The van der Waals surface area contributed by atoms with Crippen molar-refractivity contribution in [2.24, 2.45) is 0 Å². The third-order valence-electron chi connectivity index (χ3n) is 3.68. The summed E-state index contributed by atoms with van der Waals surface area (Å²) in [6, 6.07) is 9.54. The Bertz CT molecular complexity index is 697. The lowest BCUT2D eigenvalue weighted by molar-refractivity contribution is 0.102. The quantitative estimate of drug-likeness (QED) is 0.614.